The van der Waals surface area contributed by atoms with E-state index in [0.717, 1.165) is 17.5 Å². The molecule has 1 aliphatic carbocycles. The zero-order chi connectivity index (χ0) is 28.0. The van der Waals surface area contributed by atoms with E-state index in [9.17, 15) is 14.7 Å². The highest BCUT2D eigenvalue weighted by atomic mass is 16.6. The van der Waals surface area contributed by atoms with Gasteiger partial charge in [0.1, 0.15) is 11.9 Å². The average Bonchev–Trinajstić information content (AvgIpc) is 3.42. The summed E-state index contributed by atoms with van der Waals surface area (Å²) in [6.45, 7) is 6.99. The van der Waals surface area contributed by atoms with Gasteiger partial charge in [0.05, 0.1) is 18.2 Å². The molecule has 2 aliphatic heterocycles. The first-order valence-electron chi connectivity index (χ1n) is 14.0. The molecule has 10 nitrogen and oxygen atoms in total. The minimum absolute atomic E-state index is 0.0384. The number of carbonyl (C=O) groups is 2. The van der Waals surface area contributed by atoms with Crippen molar-refractivity contribution in [2.45, 2.75) is 69.9 Å². The molecule has 10 heteroatoms. The van der Waals surface area contributed by atoms with Crippen LogP contribution in [0.5, 0.6) is 0 Å². The number of piperidine rings is 1. The monoisotopic (exact) mass is 544 g/mol. The number of amides is 2. The Morgan fingerprint density at radius 2 is 1.73 bits per heavy atom. The van der Waals surface area contributed by atoms with Crippen LogP contribution >= 0.6 is 0 Å². The average molecular weight is 545 g/mol. The Kier molecular flexibility index (Phi) is 6.82. The van der Waals surface area contributed by atoms with Crippen molar-refractivity contribution in [1.82, 2.24) is 30.0 Å². The van der Waals surface area contributed by atoms with Crippen molar-refractivity contribution in [3.8, 4) is 0 Å². The summed E-state index contributed by atoms with van der Waals surface area (Å²) in [4.78, 5) is 30.2. The molecular weight excluding hydrogens is 508 g/mol. The lowest BCUT2D eigenvalue weighted by atomic mass is 10.0. The quantitative estimate of drug-likeness (QED) is 0.504. The van der Waals surface area contributed by atoms with Crippen LogP contribution in [0.1, 0.15) is 67.2 Å². The van der Waals surface area contributed by atoms with Gasteiger partial charge in [-0.3, -0.25) is 9.69 Å². The summed E-state index contributed by atoms with van der Waals surface area (Å²) in [7, 11) is 0. The summed E-state index contributed by atoms with van der Waals surface area (Å²) in [6, 6.07) is 17.0. The summed E-state index contributed by atoms with van der Waals surface area (Å²) >= 11 is 0. The van der Waals surface area contributed by atoms with E-state index in [1.54, 1.807) is 15.9 Å². The molecule has 3 aliphatic rings. The van der Waals surface area contributed by atoms with Gasteiger partial charge in [0.2, 0.25) is 0 Å². The predicted octanol–water partition coefficient (Wildman–Crippen LogP) is 3.66. The van der Waals surface area contributed by atoms with Crippen LogP contribution in [0, 0.1) is 11.8 Å². The number of aliphatic hydroxyl groups is 1. The van der Waals surface area contributed by atoms with E-state index < -0.39 is 17.8 Å². The first-order chi connectivity index (χ1) is 19.2. The molecule has 1 saturated carbocycles. The van der Waals surface area contributed by atoms with Crippen molar-refractivity contribution >= 4 is 12.0 Å². The van der Waals surface area contributed by atoms with Gasteiger partial charge in [-0.2, -0.15) is 0 Å². The molecule has 3 aromatic rings. The van der Waals surface area contributed by atoms with Crippen molar-refractivity contribution in [1.29, 1.82) is 0 Å². The number of aliphatic hydroxyl groups excluding tert-OH is 1. The van der Waals surface area contributed by atoms with Gasteiger partial charge in [-0.15, -0.1) is 5.10 Å². The van der Waals surface area contributed by atoms with E-state index in [0.29, 0.717) is 49.4 Å². The molecule has 2 amide bonds. The SMILES string of the molecule is CC(C)(C)OC(=O)N1[C@H](Cc2ccc(C(=O)N3C[C@@H]4C(n5cnnn5)[C@@H]4C3)cc2)CC[C@@H]1[C@H](O)c1ccccc1. The minimum atomic E-state index is -0.800. The van der Waals surface area contributed by atoms with Gasteiger partial charge >= 0.3 is 6.09 Å². The molecule has 2 aromatic carbocycles. The molecule has 40 heavy (non-hydrogen) atoms. The molecule has 1 unspecified atom stereocenters. The van der Waals surface area contributed by atoms with Gasteiger partial charge in [-0.25, -0.2) is 9.48 Å². The lowest BCUT2D eigenvalue weighted by molar-refractivity contribution is -0.00453. The molecule has 6 rings (SSSR count). The summed E-state index contributed by atoms with van der Waals surface area (Å²) in [5.41, 5.74) is 1.84. The van der Waals surface area contributed by atoms with Crippen molar-refractivity contribution in [3.05, 3.63) is 77.6 Å². The molecule has 3 heterocycles. The molecule has 3 fully saturated rings. The maximum atomic E-state index is 13.4. The Morgan fingerprint density at radius 3 is 2.35 bits per heavy atom. The third-order valence-corrected chi connectivity index (χ3v) is 8.43. The Morgan fingerprint density at radius 1 is 1.02 bits per heavy atom. The van der Waals surface area contributed by atoms with E-state index in [1.807, 2.05) is 80.3 Å². The molecule has 6 atom stereocenters. The van der Waals surface area contributed by atoms with Crippen LogP contribution in [-0.2, 0) is 11.2 Å². The molecule has 0 radical (unpaired) electrons. The lowest BCUT2D eigenvalue weighted by Gasteiger charge is -2.35. The maximum Gasteiger partial charge on any atom is 0.410 e. The fraction of sp³-hybridized carbons (Fsp3) is 0.500. The summed E-state index contributed by atoms with van der Waals surface area (Å²) in [5.74, 6) is 0.857. The Balaban J connectivity index is 1.12. The number of rotatable bonds is 6. The van der Waals surface area contributed by atoms with E-state index >= 15 is 0 Å². The first kappa shape index (κ1) is 26.4. The van der Waals surface area contributed by atoms with Gasteiger partial charge in [0.15, 0.2) is 0 Å². The molecule has 1 N–H and O–H groups in total. The van der Waals surface area contributed by atoms with Crippen molar-refractivity contribution in [2.24, 2.45) is 11.8 Å². The number of tetrazole rings is 1. The fourth-order valence-corrected chi connectivity index (χ4v) is 6.49. The summed E-state index contributed by atoms with van der Waals surface area (Å²) in [5, 5.41) is 22.7. The number of hydrogen-bond donors (Lipinski definition) is 1. The van der Waals surface area contributed by atoms with E-state index in [-0.39, 0.29) is 18.0 Å². The van der Waals surface area contributed by atoms with Crippen molar-refractivity contribution in [3.63, 3.8) is 0 Å². The number of ether oxygens (including phenoxy) is 1. The number of carbonyl (C=O) groups excluding carboxylic acids is 2. The summed E-state index contributed by atoms with van der Waals surface area (Å²) < 4.78 is 7.57. The van der Waals surface area contributed by atoms with E-state index in [1.165, 1.54) is 0 Å². The third-order valence-electron chi connectivity index (χ3n) is 8.43. The topological polar surface area (TPSA) is 114 Å². The van der Waals surface area contributed by atoms with Crippen LogP contribution in [0.2, 0.25) is 0 Å². The van der Waals surface area contributed by atoms with Crippen LogP contribution in [0.3, 0.4) is 0 Å². The van der Waals surface area contributed by atoms with Gasteiger partial charge in [0.25, 0.3) is 5.91 Å². The second-order valence-corrected chi connectivity index (χ2v) is 12.3. The Bertz CT molecular complexity index is 1330. The van der Waals surface area contributed by atoms with Crippen molar-refractivity contribution < 1.29 is 19.4 Å². The van der Waals surface area contributed by atoms with Crippen LogP contribution in [-0.4, -0.2) is 77.9 Å². The second-order valence-electron chi connectivity index (χ2n) is 12.3. The number of fused-ring (bicyclic) bond motifs is 1. The normalized spacial score (nSPS) is 26.4. The second kappa shape index (κ2) is 10.3. The van der Waals surface area contributed by atoms with Gasteiger partial charge in [-0.05, 0) is 73.7 Å². The molecule has 2 saturated heterocycles. The zero-order valence-electron chi connectivity index (χ0n) is 23.1. The number of nitrogens with zero attached hydrogens (tertiary/aromatic N) is 6. The van der Waals surface area contributed by atoms with Crippen LogP contribution in [0.15, 0.2) is 60.9 Å². The number of aromatic nitrogens is 4. The third kappa shape index (κ3) is 5.20. The Labute approximate surface area is 233 Å². The zero-order valence-corrected chi connectivity index (χ0v) is 23.1. The standard InChI is InChI=1S/C30H36N6O4/c1-30(2,3)40-29(39)36-22(13-14-25(36)27(37)20-7-5-4-6-8-20)15-19-9-11-21(12-10-19)28(38)34-16-23-24(17-34)26(23)35-18-31-32-33-35/h4-12,18,22-27,37H,13-17H2,1-3H3/t22-,23-,24+,25+,26?,27+/m0/s1. The van der Waals surface area contributed by atoms with E-state index in [2.05, 4.69) is 15.5 Å². The Hall–Kier alpha value is -3.79. The largest absolute Gasteiger partial charge is 0.444 e. The van der Waals surface area contributed by atoms with Gasteiger partial charge in [-0.1, -0.05) is 42.5 Å². The number of likely N-dealkylation sites (tertiary alicyclic amines) is 2. The molecule has 1 aromatic heterocycles. The molecule has 0 spiro atoms. The van der Waals surface area contributed by atoms with Crippen LogP contribution in [0.25, 0.3) is 0 Å². The smallest absolute Gasteiger partial charge is 0.410 e. The highest BCUT2D eigenvalue weighted by molar-refractivity contribution is 5.94. The van der Waals surface area contributed by atoms with Crippen molar-refractivity contribution in [2.75, 3.05) is 13.1 Å². The first-order valence-corrected chi connectivity index (χ1v) is 14.0. The highest BCUT2D eigenvalue weighted by Crippen LogP contribution is 2.54. The highest BCUT2D eigenvalue weighted by Gasteiger charge is 2.58. The molecular formula is C30H36N6O4. The number of benzene rings is 2. The number of hydrogen-bond acceptors (Lipinski definition) is 7. The lowest BCUT2D eigenvalue weighted by Crippen LogP contribution is -2.47. The van der Waals surface area contributed by atoms with E-state index in [4.69, 9.17) is 4.74 Å². The predicted molar refractivity (Wildman–Crippen MR) is 146 cm³/mol. The van der Waals surface area contributed by atoms with Crippen LogP contribution in [0.4, 0.5) is 4.79 Å². The van der Waals surface area contributed by atoms with Gasteiger partial charge in [0, 0.05) is 36.5 Å². The summed E-state index contributed by atoms with van der Waals surface area (Å²) in [6.07, 6.45) is 2.49. The minimum Gasteiger partial charge on any atom is -0.444 e. The molecule has 210 valence electrons. The van der Waals surface area contributed by atoms with Gasteiger partial charge < -0.3 is 14.7 Å². The maximum absolute atomic E-state index is 13.4. The van der Waals surface area contributed by atoms with Crippen LogP contribution < -0.4 is 0 Å². The molecule has 0 bridgehead atoms. The fourth-order valence-electron chi connectivity index (χ4n) is 6.49.